The van der Waals surface area contributed by atoms with Gasteiger partial charge in [-0.3, -0.25) is 0 Å². The number of ether oxygens (including phenoxy) is 2. The molecule has 540 valence electrons. The van der Waals surface area contributed by atoms with Gasteiger partial charge in [-0.1, -0.05) is 115 Å². The van der Waals surface area contributed by atoms with Crippen LogP contribution in [0.5, 0.6) is 0 Å². The lowest BCUT2D eigenvalue weighted by Crippen LogP contribution is -2.61. The van der Waals surface area contributed by atoms with Gasteiger partial charge in [-0.15, -0.1) is 0 Å². The second-order valence-corrected chi connectivity index (χ2v) is 26.7. The van der Waals surface area contributed by atoms with E-state index in [0.717, 1.165) is 51.4 Å². The third-order valence-electron chi connectivity index (χ3n) is 18.6. The van der Waals surface area contributed by atoms with Crippen LogP contribution in [-0.2, 0) is 9.47 Å². The van der Waals surface area contributed by atoms with E-state index in [1.165, 1.54) is 6.08 Å². The van der Waals surface area contributed by atoms with Crippen molar-refractivity contribution in [1.82, 2.24) is 0 Å². The highest BCUT2D eigenvalue weighted by atomic mass is 16.6. The second kappa shape index (κ2) is 46.9. The van der Waals surface area contributed by atoms with E-state index in [2.05, 4.69) is 19.2 Å². The largest absolute Gasteiger partial charge is 0.394 e. The molecule has 0 aromatic carbocycles. The Morgan fingerprint density at radius 1 is 0.489 bits per heavy atom. The first-order valence-electron chi connectivity index (χ1n) is 34.0. The minimum atomic E-state index is -1.87. The first kappa shape index (κ1) is 85.8. The first-order chi connectivity index (χ1) is 43.5. The number of rotatable bonds is 51. The van der Waals surface area contributed by atoms with Gasteiger partial charge in [0.2, 0.25) is 0 Å². The molecule has 2 aliphatic rings. The zero-order chi connectivity index (χ0) is 69.2. The van der Waals surface area contributed by atoms with Crippen LogP contribution in [0.3, 0.4) is 0 Å². The third kappa shape index (κ3) is 31.5. The molecule has 0 radical (unpaired) electrons. The van der Waals surface area contributed by atoms with Gasteiger partial charge in [0.1, 0.15) is 67.1 Å². The number of unbranched alkanes of at least 4 members (excludes halogenated alkanes) is 8. The maximum absolute atomic E-state index is 11.2. The molecule has 0 saturated carbocycles. The van der Waals surface area contributed by atoms with Crippen LogP contribution in [0.1, 0.15) is 188 Å². The van der Waals surface area contributed by atoms with Crippen LogP contribution in [0.2, 0.25) is 0 Å². The summed E-state index contributed by atoms with van der Waals surface area (Å²) in [5, 5.41) is 235. The Morgan fingerprint density at radius 2 is 1.05 bits per heavy atom. The molecule has 28 atom stereocenters. The number of hydrogen-bond donors (Lipinski definition) is 22. The molecule has 24 heteroatoms. The molecule has 22 N–H and O–H groups in total. The molecule has 2 fully saturated rings. The Bertz CT molecular complexity index is 2000. The number of aliphatic hydroxyl groups is 22. The lowest BCUT2D eigenvalue weighted by molar-refractivity contribution is -0.250. The molecule has 0 aromatic rings. The number of aliphatic hydroxyl groups excluding tert-OH is 22. The molecule has 0 bridgehead atoms. The van der Waals surface area contributed by atoms with Crippen LogP contribution in [-0.4, -0.2) is 272 Å². The normalized spacial score (nSPS) is 28.1. The summed E-state index contributed by atoms with van der Waals surface area (Å²) in [4.78, 5) is 0. The molecule has 2 aliphatic heterocycles. The summed E-state index contributed by atoms with van der Waals surface area (Å²) in [6.45, 7) is 12.0. The van der Waals surface area contributed by atoms with E-state index in [-0.39, 0.29) is 76.4 Å². The standard InChI is InChI=1S/C68H124O24/c1-6-7-8-9-10-11-12-13-14-15-16-17-18-30-49(75)61(85)68-62(86)53(79)38-54(92-68)63(87)59(83)42(4)33-35-51(77)67-66(90)65(89)64(88)55(91-67)37-52(78)56(80)40(2)23-19-31-48(74)60(84)58(82)41(3)32-34-50(76)57(81)43(5)36-46(72)28-21-26-44(70)24-20-25-45(71)27-22-29-47(73)39-69/h6-8,18,22,27,30,40-41,43-90H,1,4,9-17,19-21,23-26,28-29,31-39H2,2-3,5H3/b8-7+,27-22+,30-18+. The zero-order valence-electron chi connectivity index (χ0n) is 54.9. The Morgan fingerprint density at radius 3 is 1.68 bits per heavy atom. The lowest BCUT2D eigenvalue weighted by Gasteiger charge is -2.43. The van der Waals surface area contributed by atoms with Crippen molar-refractivity contribution in [3.05, 3.63) is 61.3 Å². The Hall–Kier alpha value is -2.26. The fourth-order valence-electron chi connectivity index (χ4n) is 12.2. The van der Waals surface area contributed by atoms with E-state index >= 15 is 0 Å². The van der Waals surface area contributed by atoms with E-state index < -0.39 is 177 Å². The lowest BCUT2D eigenvalue weighted by atomic mass is 9.85. The monoisotopic (exact) mass is 1320 g/mol. The Balaban J connectivity index is 1.79. The van der Waals surface area contributed by atoms with Crippen LogP contribution in [0.15, 0.2) is 61.3 Å². The maximum atomic E-state index is 11.2. The topological polar surface area (TPSA) is 464 Å². The molecule has 0 spiro atoms. The van der Waals surface area contributed by atoms with Crippen molar-refractivity contribution in [2.75, 3.05) is 6.61 Å². The highest BCUT2D eigenvalue weighted by Gasteiger charge is 2.49. The van der Waals surface area contributed by atoms with Crippen molar-refractivity contribution in [3.63, 3.8) is 0 Å². The van der Waals surface area contributed by atoms with Gasteiger partial charge >= 0.3 is 0 Å². The molecule has 92 heavy (non-hydrogen) atoms. The van der Waals surface area contributed by atoms with E-state index in [1.807, 2.05) is 6.08 Å². The molecule has 0 amide bonds. The van der Waals surface area contributed by atoms with Gasteiger partial charge in [-0.05, 0) is 139 Å². The second-order valence-electron chi connectivity index (χ2n) is 26.7. The summed E-state index contributed by atoms with van der Waals surface area (Å²) in [6, 6.07) is 0. The quantitative estimate of drug-likeness (QED) is 0.0225. The smallest absolute Gasteiger partial charge is 0.115 e. The third-order valence-corrected chi connectivity index (χ3v) is 18.6. The van der Waals surface area contributed by atoms with Crippen molar-refractivity contribution < 1.29 is 122 Å². The average molecular weight is 1330 g/mol. The average Bonchev–Trinajstić information content (AvgIpc) is 0.819. The summed E-state index contributed by atoms with van der Waals surface area (Å²) in [5.74, 6) is -1.78. The van der Waals surface area contributed by atoms with Gasteiger partial charge in [0.25, 0.3) is 0 Å². The predicted octanol–water partition coefficient (Wildman–Crippen LogP) is 0.554. The van der Waals surface area contributed by atoms with E-state index in [1.54, 1.807) is 45.1 Å². The molecule has 2 heterocycles. The SMILES string of the molecule is C=C/C=C/CCCCCCCCC/C=C/C(O)C(O)C1OC(C(O)C(O)C(=C)CCC(O)C2OC(CC(O)C(O)C(C)CCCC(O)C(O)C(O)C(C)CCC(O)C(O)C(C)CC(O)CCCC(O)CCCC(O)/C=C/CC(O)CO)C(O)C(O)C2O)CC(O)C1O. The molecule has 24 nitrogen and oxygen atoms in total. The molecule has 0 aromatic heterocycles. The highest BCUT2D eigenvalue weighted by Crippen LogP contribution is 2.33. The molecule has 28 unspecified atom stereocenters. The zero-order valence-corrected chi connectivity index (χ0v) is 54.9. The van der Waals surface area contributed by atoms with Crippen LogP contribution < -0.4 is 0 Å². The minimum absolute atomic E-state index is 0.0240. The van der Waals surface area contributed by atoms with Crippen LogP contribution >= 0.6 is 0 Å². The van der Waals surface area contributed by atoms with Gasteiger partial charge in [0.15, 0.2) is 0 Å². The van der Waals surface area contributed by atoms with Crippen LogP contribution in [0, 0.1) is 17.8 Å². The Kier molecular flexibility index (Phi) is 43.7. The van der Waals surface area contributed by atoms with Gasteiger partial charge in [0, 0.05) is 12.8 Å². The van der Waals surface area contributed by atoms with Crippen molar-refractivity contribution in [2.24, 2.45) is 17.8 Å². The maximum Gasteiger partial charge on any atom is 0.115 e. The van der Waals surface area contributed by atoms with Gasteiger partial charge < -0.3 is 122 Å². The minimum Gasteiger partial charge on any atom is -0.394 e. The predicted molar refractivity (Wildman–Crippen MR) is 345 cm³/mol. The van der Waals surface area contributed by atoms with Crippen LogP contribution in [0.4, 0.5) is 0 Å². The molecular weight excluding hydrogens is 1200 g/mol. The molecule has 2 rings (SSSR count). The summed E-state index contributed by atoms with van der Waals surface area (Å²) in [5.41, 5.74) is -0.0407. The van der Waals surface area contributed by atoms with Crippen molar-refractivity contribution in [2.45, 2.75) is 340 Å². The van der Waals surface area contributed by atoms with Crippen molar-refractivity contribution in [3.8, 4) is 0 Å². The number of allylic oxidation sites excluding steroid dienone is 4. The fraction of sp³-hybridized carbons (Fsp3) is 0.853. The van der Waals surface area contributed by atoms with Crippen molar-refractivity contribution in [1.29, 1.82) is 0 Å². The van der Waals surface area contributed by atoms with E-state index in [9.17, 15) is 107 Å². The Labute approximate surface area is 545 Å². The number of hydrogen-bond acceptors (Lipinski definition) is 24. The van der Waals surface area contributed by atoms with Crippen molar-refractivity contribution >= 4 is 0 Å². The van der Waals surface area contributed by atoms with Gasteiger partial charge in [-0.2, -0.15) is 0 Å². The van der Waals surface area contributed by atoms with E-state index in [0.29, 0.717) is 44.9 Å². The first-order valence-corrected chi connectivity index (χ1v) is 34.0. The molecule has 2 saturated heterocycles. The summed E-state index contributed by atoms with van der Waals surface area (Å²) >= 11 is 0. The van der Waals surface area contributed by atoms with Gasteiger partial charge in [0.05, 0.1) is 92.1 Å². The summed E-state index contributed by atoms with van der Waals surface area (Å²) in [6.07, 6.45) is -12.2. The van der Waals surface area contributed by atoms with Crippen LogP contribution in [0.25, 0.3) is 0 Å². The van der Waals surface area contributed by atoms with E-state index in [4.69, 9.17) is 14.6 Å². The molecular formula is C68H124O24. The van der Waals surface area contributed by atoms with Gasteiger partial charge in [-0.25, -0.2) is 0 Å². The highest BCUT2D eigenvalue weighted by molar-refractivity contribution is 5.09. The summed E-state index contributed by atoms with van der Waals surface area (Å²) in [7, 11) is 0. The summed E-state index contributed by atoms with van der Waals surface area (Å²) < 4.78 is 11.6. The fourth-order valence-corrected chi connectivity index (χ4v) is 12.2. The molecule has 0 aliphatic carbocycles.